The van der Waals surface area contributed by atoms with Crippen molar-refractivity contribution in [2.24, 2.45) is 5.92 Å². The summed E-state index contributed by atoms with van der Waals surface area (Å²) in [6.45, 7) is 4.37. The number of hydrogen-bond donors (Lipinski definition) is 1. The van der Waals surface area contributed by atoms with Crippen LogP contribution in [0.1, 0.15) is 34.6 Å². The van der Waals surface area contributed by atoms with Crippen molar-refractivity contribution in [1.82, 2.24) is 19.7 Å². The van der Waals surface area contributed by atoms with Gasteiger partial charge >= 0.3 is 5.97 Å². The standard InChI is InChI=1S/C25H27N5O4/c1-17-14-18(2)30(28-17)22-9-8-20(15-26-22)25(33)34-16-23(31)29-12-10-19(11-13-29)24(32)27-21-6-4-3-5-7-21/h3-9,14-15,19H,10-13,16H2,1-2H3,(H,27,32). The van der Waals surface area contributed by atoms with Crippen LogP contribution in [0.3, 0.4) is 0 Å². The summed E-state index contributed by atoms with van der Waals surface area (Å²) in [5, 5.41) is 7.28. The molecule has 1 aromatic carbocycles. The van der Waals surface area contributed by atoms with Crippen LogP contribution in [-0.2, 0) is 14.3 Å². The average molecular weight is 462 g/mol. The predicted molar refractivity (Wildman–Crippen MR) is 125 cm³/mol. The Hall–Kier alpha value is -4.01. The van der Waals surface area contributed by atoms with Crippen LogP contribution >= 0.6 is 0 Å². The van der Waals surface area contributed by atoms with Crippen molar-refractivity contribution in [3.8, 4) is 5.82 Å². The lowest BCUT2D eigenvalue weighted by molar-refractivity contribution is -0.137. The molecule has 1 aliphatic rings. The molecule has 3 aromatic rings. The zero-order valence-electron chi connectivity index (χ0n) is 19.2. The van der Waals surface area contributed by atoms with E-state index in [1.54, 1.807) is 21.7 Å². The number of aryl methyl sites for hydroxylation is 2. The first-order valence-corrected chi connectivity index (χ1v) is 11.2. The van der Waals surface area contributed by atoms with E-state index in [4.69, 9.17) is 4.74 Å². The largest absolute Gasteiger partial charge is 0.452 e. The van der Waals surface area contributed by atoms with Crippen molar-refractivity contribution in [3.05, 3.63) is 71.7 Å². The van der Waals surface area contributed by atoms with Crippen molar-refractivity contribution < 1.29 is 19.1 Å². The van der Waals surface area contributed by atoms with Gasteiger partial charge in [-0.3, -0.25) is 9.59 Å². The Balaban J connectivity index is 1.23. The third-order valence-corrected chi connectivity index (χ3v) is 5.80. The molecule has 1 aliphatic heterocycles. The second-order valence-electron chi connectivity index (χ2n) is 8.33. The zero-order chi connectivity index (χ0) is 24.1. The van der Waals surface area contributed by atoms with Gasteiger partial charge in [0.05, 0.1) is 11.3 Å². The number of benzene rings is 1. The number of rotatable bonds is 6. The molecular formula is C25H27N5O4. The van der Waals surface area contributed by atoms with Crippen molar-refractivity contribution >= 4 is 23.5 Å². The first-order valence-electron chi connectivity index (χ1n) is 11.2. The van der Waals surface area contributed by atoms with Crippen LogP contribution in [0.5, 0.6) is 0 Å². The highest BCUT2D eigenvalue weighted by atomic mass is 16.5. The molecule has 1 fully saturated rings. The molecule has 0 spiro atoms. The third kappa shape index (κ3) is 5.48. The van der Waals surface area contributed by atoms with Gasteiger partial charge in [-0.25, -0.2) is 14.5 Å². The minimum atomic E-state index is -0.613. The molecule has 0 saturated carbocycles. The van der Waals surface area contributed by atoms with Gasteiger partial charge in [-0.2, -0.15) is 5.10 Å². The minimum absolute atomic E-state index is 0.0406. The number of ether oxygens (including phenoxy) is 1. The maximum atomic E-state index is 12.5. The van der Waals surface area contributed by atoms with E-state index in [9.17, 15) is 14.4 Å². The lowest BCUT2D eigenvalue weighted by Gasteiger charge is -2.31. The van der Waals surface area contributed by atoms with E-state index in [-0.39, 0.29) is 29.9 Å². The lowest BCUT2D eigenvalue weighted by Crippen LogP contribution is -2.43. The highest BCUT2D eigenvalue weighted by Crippen LogP contribution is 2.20. The third-order valence-electron chi connectivity index (χ3n) is 5.80. The van der Waals surface area contributed by atoms with Crippen molar-refractivity contribution in [2.45, 2.75) is 26.7 Å². The SMILES string of the molecule is Cc1cc(C)n(-c2ccc(C(=O)OCC(=O)N3CCC(C(=O)Nc4ccccc4)CC3)cn2)n1. The molecule has 176 valence electrons. The monoisotopic (exact) mass is 461 g/mol. The Morgan fingerprint density at radius 1 is 1.06 bits per heavy atom. The van der Waals surface area contributed by atoms with E-state index in [2.05, 4.69) is 15.4 Å². The molecular weight excluding hydrogens is 434 g/mol. The normalized spacial score (nSPS) is 14.0. The van der Waals surface area contributed by atoms with E-state index in [1.165, 1.54) is 6.20 Å². The first-order chi connectivity index (χ1) is 16.4. The van der Waals surface area contributed by atoms with E-state index in [1.807, 2.05) is 50.2 Å². The van der Waals surface area contributed by atoms with Crippen LogP contribution in [0.15, 0.2) is 54.7 Å². The molecule has 3 heterocycles. The summed E-state index contributed by atoms with van der Waals surface area (Å²) in [5.74, 6) is -0.488. The summed E-state index contributed by atoms with van der Waals surface area (Å²) >= 11 is 0. The zero-order valence-corrected chi connectivity index (χ0v) is 19.2. The van der Waals surface area contributed by atoms with Gasteiger partial charge in [-0.05, 0) is 57.0 Å². The number of carbonyl (C=O) groups excluding carboxylic acids is 3. The summed E-state index contributed by atoms with van der Waals surface area (Å²) in [5.41, 5.74) is 2.83. The molecule has 9 heteroatoms. The molecule has 34 heavy (non-hydrogen) atoms. The molecule has 1 N–H and O–H groups in total. The van der Waals surface area contributed by atoms with Crippen molar-refractivity contribution in [1.29, 1.82) is 0 Å². The Bertz CT molecular complexity index is 1170. The number of piperidine rings is 1. The van der Waals surface area contributed by atoms with Gasteiger partial charge in [0.15, 0.2) is 12.4 Å². The van der Waals surface area contributed by atoms with E-state index < -0.39 is 5.97 Å². The Morgan fingerprint density at radius 2 is 1.79 bits per heavy atom. The average Bonchev–Trinajstić information content (AvgIpc) is 3.20. The molecule has 2 amide bonds. The van der Waals surface area contributed by atoms with Crippen LogP contribution in [0, 0.1) is 19.8 Å². The Morgan fingerprint density at radius 3 is 2.41 bits per heavy atom. The number of aromatic nitrogens is 3. The number of carbonyl (C=O) groups is 3. The summed E-state index contributed by atoms with van der Waals surface area (Å²) < 4.78 is 6.89. The van der Waals surface area contributed by atoms with E-state index >= 15 is 0 Å². The van der Waals surface area contributed by atoms with Gasteiger partial charge in [0.25, 0.3) is 5.91 Å². The fourth-order valence-electron chi connectivity index (χ4n) is 3.95. The van der Waals surface area contributed by atoms with Gasteiger partial charge in [-0.1, -0.05) is 18.2 Å². The molecule has 0 radical (unpaired) electrons. The summed E-state index contributed by atoms with van der Waals surface area (Å²) in [6, 6.07) is 14.5. The number of anilines is 1. The molecule has 0 aliphatic carbocycles. The topological polar surface area (TPSA) is 106 Å². The van der Waals surface area contributed by atoms with Gasteiger partial charge < -0.3 is 15.0 Å². The number of pyridine rings is 1. The van der Waals surface area contributed by atoms with Gasteiger partial charge in [0.2, 0.25) is 5.91 Å². The number of nitrogens with one attached hydrogen (secondary N) is 1. The van der Waals surface area contributed by atoms with Crippen molar-refractivity contribution in [2.75, 3.05) is 25.0 Å². The predicted octanol–water partition coefficient (Wildman–Crippen LogP) is 2.92. The number of nitrogens with zero attached hydrogens (tertiary/aromatic N) is 4. The lowest BCUT2D eigenvalue weighted by atomic mass is 9.95. The number of likely N-dealkylation sites (tertiary alicyclic amines) is 1. The smallest absolute Gasteiger partial charge is 0.340 e. The Labute approximate surface area is 197 Å². The van der Waals surface area contributed by atoms with Crippen molar-refractivity contribution in [3.63, 3.8) is 0 Å². The van der Waals surface area contributed by atoms with E-state index in [0.29, 0.717) is 31.7 Å². The number of amides is 2. The fourth-order valence-corrected chi connectivity index (χ4v) is 3.95. The molecule has 0 unspecified atom stereocenters. The van der Waals surface area contributed by atoms with E-state index in [0.717, 1.165) is 17.1 Å². The number of esters is 1. The van der Waals surface area contributed by atoms with Crippen LogP contribution in [-0.4, -0.2) is 57.1 Å². The van der Waals surface area contributed by atoms with Crippen LogP contribution in [0.25, 0.3) is 5.82 Å². The summed E-state index contributed by atoms with van der Waals surface area (Å²) in [7, 11) is 0. The van der Waals surface area contributed by atoms with Crippen LogP contribution in [0.4, 0.5) is 5.69 Å². The van der Waals surface area contributed by atoms with Gasteiger partial charge in [-0.15, -0.1) is 0 Å². The second-order valence-corrected chi connectivity index (χ2v) is 8.33. The fraction of sp³-hybridized carbons (Fsp3) is 0.320. The number of hydrogen-bond acceptors (Lipinski definition) is 6. The summed E-state index contributed by atoms with van der Waals surface area (Å²) in [6.07, 6.45) is 2.54. The highest BCUT2D eigenvalue weighted by molar-refractivity contribution is 5.93. The summed E-state index contributed by atoms with van der Waals surface area (Å²) in [4.78, 5) is 43.2. The van der Waals surface area contributed by atoms with Gasteiger partial charge in [0, 0.05) is 36.6 Å². The maximum Gasteiger partial charge on any atom is 0.340 e. The minimum Gasteiger partial charge on any atom is -0.452 e. The molecule has 0 bridgehead atoms. The molecule has 9 nitrogen and oxygen atoms in total. The molecule has 0 atom stereocenters. The maximum absolute atomic E-state index is 12.5. The quantitative estimate of drug-likeness (QED) is 0.566. The number of para-hydroxylation sites is 1. The Kier molecular flexibility index (Phi) is 7.01. The first kappa shape index (κ1) is 23.2. The van der Waals surface area contributed by atoms with Gasteiger partial charge in [0.1, 0.15) is 0 Å². The molecule has 1 saturated heterocycles. The molecule has 2 aromatic heterocycles. The highest BCUT2D eigenvalue weighted by Gasteiger charge is 2.28. The van der Waals surface area contributed by atoms with Crippen LogP contribution in [0.2, 0.25) is 0 Å². The second kappa shape index (κ2) is 10.3. The molecule has 4 rings (SSSR count). The van der Waals surface area contributed by atoms with Crippen LogP contribution < -0.4 is 5.32 Å².